The number of rotatable bonds is 3. The van der Waals surface area contributed by atoms with Gasteiger partial charge in [0.1, 0.15) is 0 Å². The van der Waals surface area contributed by atoms with Crippen molar-refractivity contribution in [2.24, 2.45) is 0 Å². The van der Waals surface area contributed by atoms with Gasteiger partial charge in [0, 0.05) is 14.3 Å². The van der Waals surface area contributed by atoms with Crippen LogP contribution in [-0.4, -0.2) is 0 Å². The van der Waals surface area contributed by atoms with Crippen LogP contribution in [0.1, 0.15) is 21.5 Å². The quantitative estimate of drug-likeness (QED) is 0.558. The van der Waals surface area contributed by atoms with Gasteiger partial charge in [-0.15, -0.1) is 0 Å². The number of aryl methyl sites for hydroxylation is 1. The summed E-state index contributed by atoms with van der Waals surface area (Å²) in [6, 6.07) is 14.4. The van der Waals surface area contributed by atoms with Gasteiger partial charge in [-0.25, -0.2) is 0 Å². The van der Waals surface area contributed by atoms with Crippen molar-refractivity contribution in [3.05, 3.63) is 68.7 Å². The number of halogens is 3. The Bertz CT molecular complexity index is 552. The minimum Gasteiger partial charge on any atom is -0.0843 e. The zero-order chi connectivity index (χ0) is 13.1. The lowest BCUT2D eigenvalue weighted by atomic mass is 10.0. The number of benzene rings is 2. The maximum absolute atomic E-state index is 6.01. The van der Waals surface area contributed by atoms with Gasteiger partial charge in [0.15, 0.2) is 0 Å². The average Bonchev–Trinajstić information content (AvgIpc) is 2.32. The molecule has 0 saturated carbocycles. The summed E-state index contributed by atoms with van der Waals surface area (Å²) >= 11 is 13.3. The first kappa shape index (κ1) is 14.1. The Kier molecular flexibility index (Phi) is 4.88. The van der Waals surface area contributed by atoms with Crippen LogP contribution in [0.5, 0.6) is 0 Å². The number of hydrogen-bond acceptors (Lipinski definition) is 0. The highest BCUT2D eigenvalue weighted by Gasteiger charge is 2.11. The Morgan fingerprint density at radius 1 is 1.17 bits per heavy atom. The van der Waals surface area contributed by atoms with E-state index in [4.69, 9.17) is 11.6 Å². The molecule has 1 unspecified atom stereocenters. The molecule has 0 radical (unpaired) electrons. The average molecular weight is 389 g/mol. The van der Waals surface area contributed by atoms with Crippen LogP contribution in [0, 0.1) is 6.92 Å². The van der Waals surface area contributed by atoms with E-state index in [2.05, 4.69) is 63.0 Å². The van der Waals surface area contributed by atoms with Gasteiger partial charge >= 0.3 is 0 Å². The molecule has 0 aliphatic carbocycles. The van der Waals surface area contributed by atoms with Gasteiger partial charge in [-0.2, -0.15) is 0 Å². The van der Waals surface area contributed by atoms with Gasteiger partial charge in [0.2, 0.25) is 0 Å². The van der Waals surface area contributed by atoms with Crippen molar-refractivity contribution in [1.82, 2.24) is 0 Å². The molecule has 0 aliphatic heterocycles. The molecule has 1 atom stereocenters. The lowest BCUT2D eigenvalue weighted by Crippen LogP contribution is -1.98. The standard InChI is InChI=1S/C15H13Br2Cl/c1-10-5-6-12(16)9-14(10)15(17)8-11-3-2-4-13(18)7-11/h2-7,9,15H,8H2,1H3. The summed E-state index contributed by atoms with van der Waals surface area (Å²) < 4.78 is 1.11. The highest BCUT2D eigenvalue weighted by molar-refractivity contribution is 9.10. The fraction of sp³-hybridized carbons (Fsp3) is 0.200. The Balaban J connectivity index is 2.21. The van der Waals surface area contributed by atoms with E-state index in [9.17, 15) is 0 Å². The molecule has 0 N–H and O–H groups in total. The summed E-state index contributed by atoms with van der Waals surface area (Å²) in [7, 11) is 0. The van der Waals surface area contributed by atoms with Crippen molar-refractivity contribution < 1.29 is 0 Å². The van der Waals surface area contributed by atoms with Gasteiger partial charge in [-0.3, -0.25) is 0 Å². The van der Waals surface area contributed by atoms with Crippen molar-refractivity contribution in [3.63, 3.8) is 0 Å². The molecule has 0 saturated heterocycles. The van der Waals surface area contributed by atoms with Crippen LogP contribution in [0.25, 0.3) is 0 Å². The van der Waals surface area contributed by atoms with Crippen LogP contribution in [0.4, 0.5) is 0 Å². The van der Waals surface area contributed by atoms with Crippen LogP contribution < -0.4 is 0 Å². The van der Waals surface area contributed by atoms with E-state index < -0.39 is 0 Å². The van der Waals surface area contributed by atoms with Crippen molar-refractivity contribution in [3.8, 4) is 0 Å². The molecule has 2 rings (SSSR count). The summed E-state index contributed by atoms with van der Waals surface area (Å²) in [5, 5.41) is 0.790. The minimum atomic E-state index is 0.300. The minimum absolute atomic E-state index is 0.300. The molecule has 0 amide bonds. The van der Waals surface area contributed by atoms with Crippen LogP contribution in [-0.2, 0) is 6.42 Å². The number of alkyl halides is 1. The molecular weight excluding hydrogens is 375 g/mol. The smallest absolute Gasteiger partial charge is 0.0438 e. The molecule has 0 aromatic heterocycles. The highest BCUT2D eigenvalue weighted by atomic mass is 79.9. The highest BCUT2D eigenvalue weighted by Crippen LogP contribution is 2.31. The van der Waals surface area contributed by atoms with Crippen molar-refractivity contribution in [1.29, 1.82) is 0 Å². The topological polar surface area (TPSA) is 0 Å². The summed E-state index contributed by atoms with van der Waals surface area (Å²) in [5.74, 6) is 0. The van der Waals surface area contributed by atoms with Gasteiger partial charge in [-0.1, -0.05) is 61.7 Å². The lowest BCUT2D eigenvalue weighted by molar-refractivity contribution is 0.937. The van der Waals surface area contributed by atoms with Gasteiger partial charge in [-0.05, 0) is 54.3 Å². The summed E-state index contributed by atoms with van der Waals surface area (Å²) in [6.07, 6.45) is 0.928. The second kappa shape index (κ2) is 6.23. The molecule has 2 aromatic rings. The molecule has 2 aromatic carbocycles. The predicted molar refractivity (Wildman–Crippen MR) is 85.7 cm³/mol. The van der Waals surface area contributed by atoms with Crippen LogP contribution >= 0.6 is 43.5 Å². The zero-order valence-electron chi connectivity index (χ0n) is 9.96. The van der Waals surface area contributed by atoms with Gasteiger partial charge in [0.25, 0.3) is 0 Å². The first-order valence-corrected chi connectivity index (χ1v) is 7.79. The fourth-order valence-electron chi connectivity index (χ4n) is 1.93. The molecule has 0 nitrogen and oxygen atoms in total. The molecule has 18 heavy (non-hydrogen) atoms. The molecule has 0 fully saturated rings. The summed E-state index contributed by atoms with van der Waals surface area (Å²) in [4.78, 5) is 0.300. The second-order valence-corrected chi connectivity index (χ2v) is 6.76. The van der Waals surface area contributed by atoms with E-state index in [1.165, 1.54) is 16.7 Å². The van der Waals surface area contributed by atoms with E-state index in [0.717, 1.165) is 15.9 Å². The third-order valence-electron chi connectivity index (χ3n) is 2.88. The Hall–Kier alpha value is -0.310. The SMILES string of the molecule is Cc1ccc(Br)cc1C(Br)Cc1cccc(Cl)c1. The maximum atomic E-state index is 6.01. The third kappa shape index (κ3) is 3.59. The van der Waals surface area contributed by atoms with Crippen molar-refractivity contribution >= 4 is 43.5 Å². The summed E-state index contributed by atoms with van der Waals surface area (Å²) in [6.45, 7) is 2.13. The van der Waals surface area contributed by atoms with E-state index in [0.29, 0.717) is 4.83 Å². The monoisotopic (exact) mass is 386 g/mol. The number of hydrogen-bond donors (Lipinski definition) is 0. The molecule has 3 heteroatoms. The summed E-state index contributed by atoms with van der Waals surface area (Å²) in [5.41, 5.74) is 3.84. The first-order valence-electron chi connectivity index (χ1n) is 5.71. The second-order valence-electron chi connectivity index (χ2n) is 4.30. The van der Waals surface area contributed by atoms with E-state index in [1.54, 1.807) is 0 Å². The Morgan fingerprint density at radius 3 is 2.67 bits per heavy atom. The molecular formula is C15H13Br2Cl. The molecule has 94 valence electrons. The Labute approximate surface area is 130 Å². The van der Waals surface area contributed by atoms with Crippen LogP contribution in [0.15, 0.2) is 46.9 Å². The molecule has 0 aliphatic rings. The maximum Gasteiger partial charge on any atom is 0.0438 e. The van der Waals surface area contributed by atoms with E-state index >= 15 is 0 Å². The predicted octanol–water partition coefficient (Wildman–Crippen LogP) is 6.09. The molecule has 0 spiro atoms. The van der Waals surface area contributed by atoms with Crippen LogP contribution in [0.2, 0.25) is 5.02 Å². The van der Waals surface area contributed by atoms with Gasteiger partial charge < -0.3 is 0 Å². The van der Waals surface area contributed by atoms with Crippen LogP contribution in [0.3, 0.4) is 0 Å². The Morgan fingerprint density at radius 2 is 1.94 bits per heavy atom. The van der Waals surface area contributed by atoms with Crippen molar-refractivity contribution in [2.75, 3.05) is 0 Å². The fourth-order valence-corrected chi connectivity index (χ4v) is 3.39. The van der Waals surface area contributed by atoms with Gasteiger partial charge in [0.05, 0.1) is 0 Å². The largest absolute Gasteiger partial charge is 0.0843 e. The van der Waals surface area contributed by atoms with E-state index in [1.807, 2.05) is 18.2 Å². The lowest BCUT2D eigenvalue weighted by Gasteiger charge is -2.14. The van der Waals surface area contributed by atoms with E-state index in [-0.39, 0.29) is 0 Å². The first-order chi connectivity index (χ1) is 8.56. The third-order valence-corrected chi connectivity index (χ3v) is 4.43. The zero-order valence-corrected chi connectivity index (χ0v) is 13.9. The normalized spacial score (nSPS) is 12.4. The molecule has 0 heterocycles. The molecule has 0 bridgehead atoms. The van der Waals surface area contributed by atoms with Crippen molar-refractivity contribution in [2.45, 2.75) is 18.2 Å².